The van der Waals surface area contributed by atoms with Gasteiger partial charge in [-0.3, -0.25) is 9.59 Å². The molecule has 0 spiro atoms. The molecule has 0 bridgehead atoms. The lowest BCUT2D eigenvalue weighted by Gasteiger charge is -2.15. The van der Waals surface area contributed by atoms with E-state index in [1.165, 1.54) is 5.39 Å². The zero-order valence-electron chi connectivity index (χ0n) is 14.0. The minimum atomic E-state index is -0.255. The Labute approximate surface area is 146 Å². The Bertz CT molecular complexity index is 891. The van der Waals surface area contributed by atoms with Gasteiger partial charge in [0.05, 0.1) is 12.6 Å². The third-order valence-corrected chi connectivity index (χ3v) is 4.10. The van der Waals surface area contributed by atoms with Crippen LogP contribution in [0.5, 0.6) is 0 Å². The topological polar surface area (TPSA) is 58.2 Å². The fraction of sp³-hybridized carbons (Fsp3) is 0.143. The number of fused-ring (bicyclic) bond motifs is 1. The Morgan fingerprint density at radius 3 is 2.32 bits per heavy atom. The van der Waals surface area contributed by atoms with Crippen LogP contribution in [0, 0.1) is 0 Å². The van der Waals surface area contributed by atoms with Crippen LogP contribution in [0.3, 0.4) is 0 Å². The summed E-state index contributed by atoms with van der Waals surface area (Å²) in [6, 6.07) is 22.9. The summed E-state index contributed by atoms with van der Waals surface area (Å²) in [5.41, 5.74) is 1.57. The molecule has 3 aromatic rings. The van der Waals surface area contributed by atoms with E-state index in [0.29, 0.717) is 5.56 Å². The predicted octanol–water partition coefficient (Wildman–Crippen LogP) is 3.45. The third-order valence-electron chi connectivity index (χ3n) is 4.10. The van der Waals surface area contributed by atoms with Crippen molar-refractivity contribution in [3.63, 3.8) is 0 Å². The van der Waals surface area contributed by atoms with Gasteiger partial charge in [-0.05, 0) is 41.5 Å². The van der Waals surface area contributed by atoms with Crippen molar-refractivity contribution >= 4 is 22.6 Å². The zero-order valence-corrected chi connectivity index (χ0v) is 14.0. The number of benzene rings is 3. The van der Waals surface area contributed by atoms with Gasteiger partial charge in [-0.25, -0.2) is 0 Å². The first-order valence-electron chi connectivity index (χ1n) is 8.25. The van der Waals surface area contributed by atoms with Crippen molar-refractivity contribution in [2.24, 2.45) is 0 Å². The summed E-state index contributed by atoms with van der Waals surface area (Å²) in [4.78, 5) is 24.1. The molecule has 0 aliphatic heterocycles. The molecule has 0 radical (unpaired) electrons. The summed E-state index contributed by atoms with van der Waals surface area (Å²) < 4.78 is 0. The average Bonchev–Trinajstić information content (AvgIpc) is 2.66. The Morgan fingerprint density at radius 2 is 1.56 bits per heavy atom. The van der Waals surface area contributed by atoms with Gasteiger partial charge in [-0.15, -0.1) is 0 Å². The van der Waals surface area contributed by atoms with Crippen LogP contribution in [0.2, 0.25) is 0 Å². The quantitative estimate of drug-likeness (QED) is 0.752. The largest absolute Gasteiger partial charge is 0.348 e. The first-order valence-corrected chi connectivity index (χ1v) is 8.25. The van der Waals surface area contributed by atoms with Crippen molar-refractivity contribution in [1.29, 1.82) is 0 Å². The molecule has 0 heterocycles. The summed E-state index contributed by atoms with van der Waals surface area (Å²) in [6.07, 6.45) is 0. The number of rotatable bonds is 5. The molecule has 2 amide bonds. The second-order valence-electron chi connectivity index (χ2n) is 5.94. The van der Waals surface area contributed by atoms with Crippen LogP contribution in [0.4, 0.5) is 0 Å². The molecule has 1 unspecified atom stereocenters. The summed E-state index contributed by atoms with van der Waals surface area (Å²) in [7, 11) is 0. The maximum absolute atomic E-state index is 12.1. The summed E-state index contributed by atoms with van der Waals surface area (Å²) in [5, 5.41) is 7.85. The van der Waals surface area contributed by atoms with Crippen LogP contribution in [0.25, 0.3) is 10.8 Å². The Hall–Kier alpha value is -3.14. The van der Waals surface area contributed by atoms with Crippen molar-refractivity contribution in [2.45, 2.75) is 13.0 Å². The molecule has 0 aliphatic rings. The second kappa shape index (κ2) is 7.62. The lowest BCUT2D eigenvalue weighted by Crippen LogP contribution is -2.38. The molecule has 0 aliphatic carbocycles. The average molecular weight is 332 g/mol. The molecule has 4 heteroatoms. The smallest absolute Gasteiger partial charge is 0.251 e. The standard InChI is InChI=1S/C21H20N2O2/c1-15(18-12-11-16-7-5-6-10-19(16)13-18)23-20(24)14-22-21(25)17-8-3-2-4-9-17/h2-13,15H,14H2,1H3,(H,22,25)(H,23,24). The molecule has 0 aromatic heterocycles. The fourth-order valence-electron chi connectivity index (χ4n) is 2.71. The van der Waals surface area contributed by atoms with Crippen LogP contribution < -0.4 is 10.6 Å². The Balaban J connectivity index is 1.57. The first kappa shape index (κ1) is 16.7. The Morgan fingerprint density at radius 1 is 0.880 bits per heavy atom. The van der Waals surface area contributed by atoms with Gasteiger partial charge in [0.1, 0.15) is 0 Å². The van der Waals surface area contributed by atoms with Gasteiger partial charge in [0.15, 0.2) is 0 Å². The molecule has 0 saturated carbocycles. The normalized spacial score (nSPS) is 11.7. The monoisotopic (exact) mass is 332 g/mol. The highest BCUT2D eigenvalue weighted by Crippen LogP contribution is 2.20. The number of carbonyl (C=O) groups excluding carboxylic acids is 2. The van der Waals surface area contributed by atoms with E-state index >= 15 is 0 Å². The minimum absolute atomic E-state index is 0.0500. The third kappa shape index (κ3) is 4.23. The highest BCUT2D eigenvalue weighted by molar-refractivity contribution is 5.96. The van der Waals surface area contributed by atoms with Gasteiger partial charge >= 0.3 is 0 Å². The maximum atomic E-state index is 12.1. The summed E-state index contributed by atoms with van der Waals surface area (Å²) >= 11 is 0. The van der Waals surface area contributed by atoms with Crippen LogP contribution >= 0.6 is 0 Å². The van der Waals surface area contributed by atoms with Crippen LogP contribution in [-0.2, 0) is 4.79 Å². The number of hydrogen-bond donors (Lipinski definition) is 2. The Kier molecular flexibility index (Phi) is 5.09. The predicted molar refractivity (Wildman–Crippen MR) is 99.3 cm³/mol. The van der Waals surface area contributed by atoms with Crippen molar-refractivity contribution in [2.75, 3.05) is 6.54 Å². The van der Waals surface area contributed by atoms with Gasteiger partial charge in [-0.2, -0.15) is 0 Å². The molecular weight excluding hydrogens is 312 g/mol. The van der Waals surface area contributed by atoms with Gasteiger partial charge in [0.25, 0.3) is 5.91 Å². The fourth-order valence-corrected chi connectivity index (χ4v) is 2.71. The van der Waals surface area contributed by atoms with E-state index in [1.54, 1.807) is 24.3 Å². The molecule has 3 rings (SSSR count). The van der Waals surface area contributed by atoms with Gasteiger partial charge in [-0.1, -0.05) is 54.6 Å². The molecule has 0 saturated heterocycles. The van der Waals surface area contributed by atoms with Crippen molar-refractivity contribution in [1.82, 2.24) is 10.6 Å². The van der Waals surface area contributed by atoms with Crippen molar-refractivity contribution in [3.8, 4) is 0 Å². The number of carbonyl (C=O) groups is 2. The summed E-state index contributed by atoms with van der Waals surface area (Å²) in [5.74, 6) is -0.473. The molecule has 3 aromatic carbocycles. The molecule has 4 nitrogen and oxygen atoms in total. The lowest BCUT2D eigenvalue weighted by atomic mass is 10.0. The van der Waals surface area contributed by atoms with E-state index in [-0.39, 0.29) is 24.4 Å². The van der Waals surface area contributed by atoms with E-state index in [0.717, 1.165) is 10.9 Å². The minimum Gasteiger partial charge on any atom is -0.348 e. The second-order valence-corrected chi connectivity index (χ2v) is 5.94. The van der Waals surface area contributed by atoms with E-state index in [2.05, 4.69) is 22.8 Å². The van der Waals surface area contributed by atoms with Gasteiger partial charge in [0.2, 0.25) is 5.91 Å². The first-order chi connectivity index (χ1) is 12.1. The zero-order chi connectivity index (χ0) is 17.6. The van der Waals surface area contributed by atoms with E-state index in [1.807, 2.05) is 43.3 Å². The molecule has 126 valence electrons. The number of nitrogens with one attached hydrogen (secondary N) is 2. The van der Waals surface area contributed by atoms with E-state index in [4.69, 9.17) is 0 Å². The van der Waals surface area contributed by atoms with Crippen LogP contribution in [-0.4, -0.2) is 18.4 Å². The van der Waals surface area contributed by atoms with Crippen molar-refractivity contribution in [3.05, 3.63) is 83.9 Å². The van der Waals surface area contributed by atoms with Crippen LogP contribution in [0.1, 0.15) is 28.9 Å². The SMILES string of the molecule is CC(NC(=O)CNC(=O)c1ccccc1)c1ccc2ccccc2c1. The van der Waals surface area contributed by atoms with Crippen molar-refractivity contribution < 1.29 is 9.59 Å². The molecule has 1 atom stereocenters. The lowest BCUT2D eigenvalue weighted by molar-refractivity contribution is -0.120. The maximum Gasteiger partial charge on any atom is 0.251 e. The van der Waals surface area contributed by atoms with E-state index in [9.17, 15) is 9.59 Å². The number of hydrogen-bond acceptors (Lipinski definition) is 2. The molecule has 25 heavy (non-hydrogen) atoms. The molecular formula is C21H20N2O2. The molecule has 0 fully saturated rings. The highest BCUT2D eigenvalue weighted by Gasteiger charge is 2.12. The van der Waals surface area contributed by atoms with Gasteiger partial charge < -0.3 is 10.6 Å². The number of amides is 2. The summed E-state index contributed by atoms with van der Waals surface area (Å²) in [6.45, 7) is 1.88. The highest BCUT2D eigenvalue weighted by atomic mass is 16.2. The van der Waals surface area contributed by atoms with Gasteiger partial charge in [0, 0.05) is 5.56 Å². The van der Waals surface area contributed by atoms with Crippen LogP contribution in [0.15, 0.2) is 72.8 Å². The van der Waals surface area contributed by atoms with E-state index < -0.39 is 0 Å². The molecule has 2 N–H and O–H groups in total.